The van der Waals surface area contributed by atoms with Gasteiger partial charge < -0.3 is 5.11 Å². The van der Waals surface area contributed by atoms with E-state index in [9.17, 15) is 9.90 Å². The third-order valence-electron chi connectivity index (χ3n) is 4.71. The van der Waals surface area contributed by atoms with Crippen LogP contribution < -0.4 is 0 Å². The van der Waals surface area contributed by atoms with Crippen molar-refractivity contribution in [1.82, 2.24) is 0 Å². The van der Waals surface area contributed by atoms with Crippen molar-refractivity contribution in [1.29, 1.82) is 0 Å². The Morgan fingerprint density at radius 2 is 1.44 bits per heavy atom. The summed E-state index contributed by atoms with van der Waals surface area (Å²) in [6, 6.07) is 14.6. The molecule has 0 amide bonds. The highest BCUT2D eigenvalue weighted by Gasteiger charge is 2.15. The number of rotatable bonds is 11. The van der Waals surface area contributed by atoms with E-state index in [0.717, 1.165) is 24.8 Å². The van der Waals surface area contributed by atoms with E-state index in [-0.39, 0.29) is 11.5 Å². The summed E-state index contributed by atoms with van der Waals surface area (Å²) in [5.74, 6) is 0.232. The summed E-state index contributed by atoms with van der Waals surface area (Å²) < 4.78 is 0. The summed E-state index contributed by atoms with van der Waals surface area (Å²) in [5.41, 5.74) is 2.10. The Kier molecular flexibility index (Phi) is 8.24. The van der Waals surface area contributed by atoms with Crippen LogP contribution in [0.5, 0.6) is 5.75 Å². The van der Waals surface area contributed by atoms with E-state index in [2.05, 4.69) is 6.92 Å². The van der Waals surface area contributed by atoms with Crippen LogP contribution in [0.1, 0.15) is 79.8 Å². The molecule has 0 bridgehead atoms. The molecule has 0 spiro atoms. The van der Waals surface area contributed by atoms with Crippen molar-refractivity contribution < 1.29 is 9.90 Å². The van der Waals surface area contributed by atoms with Crippen LogP contribution >= 0.6 is 0 Å². The van der Waals surface area contributed by atoms with Crippen LogP contribution in [0.3, 0.4) is 0 Å². The SMILES string of the molecule is CCCCCCCCCCc1c(O)cccc1C(=O)c1ccccc1. The smallest absolute Gasteiger partial charge is 0.193 e. The number of benzene rings is 2. The number of hydrogen-bond acceptors (Lipinski definition) is 2. The standard InChI is InChI=1S/C23H30O2/c1-2-3-4-5-6-7-8-12-16-20-21(17-13-18-22(20)24)23(25)19-14-10-9-11-15-19/h9-11,13-15,17-18,24H,2-8,12,16H2,1H3. The summed E-state index contributed by atoms with van der Waals surface area (Å²) in [7, 11) is 0. The predicted octanol–water partition coefficient (Wildman–Crippen LogP) is 6.31. The van der Waals surface area contributed by atoms with Gasteiger partial charge in [-0.15, -0.1) is 0 Å². The van der Waals surface area contributed by atoms with Crippen LogP contribution in [0.25, 0.3) is 0 Å². The first-order chi connectivity index (χ1) is 12.2. The average Bonchev–Trinajstić information content (AvgIpc) is 2.65. The molecular formula is C23H30O2. The maximum absolute atomic E-state index is 12.7. The van der Waals surface area contributed by atoms with E-state index in [1.807, 2.05) is 36.4 Å². The van der Waals surface area contributed by atoms with E-state index >= 15 is 0 Å². The molecule has 0 aliphatic rings. The molecule has 2 aromatic carbocycles. The first kappa shape index (κ1) is 19.2. The van der Waals surface area contributed by atoms with Gasteiger partial charge in [0.05, 0.1) is 0 Å². The number of carbonyl (C=O) groups is 1. The normalized spacial score (nSPS) is 10.8. The molecule has 0 heterocycles. The van der Waals surface area contributed by atoms with E-state index < -0.39 is 0 Å². The monoisotopic (exact) mass is 338 g/mol. The second-order valence-electron chi connectivity index (χ2n) is 6.72. The first-order valence-corrected chi connectivity index (χ1v) is 9.64. The summed E-state index contributed by atoms with van der Waals surface area (Å²) in [6.45, 7) is 2.24. The Hall–Kier alpha value is -2.09. The molecular weight excluding hydrogens is 308 g/mol. The third-order valence-corrected chi connectivity index (χ3v) is 4.71. The Balaban J connectivity index is 1.91. The van der Waals surface area contributed by atoms with Gasteiger partial charge in [0.25, 0.3) is 0 Å². The van der Waals surface area contributed by atoms with Crippen molar-refractivity contribution in [2.45, 2.75) is 64.7 Å². The number of phenols is 1. The fraction of sp³-hybridized carbons (Fsp3) is 0.435. The van der Waals surface area contributed by atoms with Crippen LogP contribution in [0.4, 0.5) is 0 Å². The van der Waals surface area contributed by atoms with Gasteiger partial charge in [0.2, 0.25) is 0 Å². The molecule has 0 fully saturated rings. The van der Waals surface area contributed by atoms with Crippen molar-refractivity contribution in [2.75, 3.05) is 0 Å². The van der Waals surface area contributed by atoms with Crippen molar-refractivity contribution in [2.24, 2.45) is 0 Å². The third kappa shape index (κ3) is 6.04. The molecule has 2 rings (SSSR count). The second kappa shape index (κ2) is 10.7. The molecule has 2 heteroatoms. The number of carbonyl (C=O) groups excluding carboxylic acids is 1. The summed E-state index contributed by atoms with van der Waals surface area (Å²) in [4.78, 5) is 12.7. The zero-order valence-electron chi connectivity index (χ0n) is 15.3. The molecule has 2 aromatic rings. The average molecular weight is 338 g/mol. The Morgan fingerprint density at radius 3 is 2.12 bits per heavy atom. The Labute approximate surface area is 151 Å². The van der Waals surface area contributed by atoms with Gasteiger partial charge in [0.1, 0.15) is 5.75 Å². The van der Waals surface area contributed by atoms with E-state index in [4.69, 9.17) is 0 Å². The molecule has 2 nitrogen and oxygen atoms in total. The molecule has 0 aromatic heterocycles. The molecule has 0 saturated heterocycles. The van der Waals surface area contributed by atoms with Gasteiger partial charge in [-0.2, -0.15) is 0 Å². The molecule has 134 valence electrons. The fourth-order valence-electron chi connectivity index (χ4n) is 3.23. The van der Waals surface area contributed by atoms with Crippen LogP contribution in [0.15, 0.2) is 48.5 Å². The molecule has 0 radical (unpaired) electrons. The number of aromatic hydroxyl groups is 1. The quantitative estimate of drug-likeness (QED) is 0.385. The number of unbranched alkanes of at least 4 members (excludes halogenated alkanes) is 7. The van der Waals surface area contributed by atoms with Gasteiger partial charge in [-0.3, -0.25) is 4.79 Å². The van der Waals surface area contributed by atoms with Crippen molar-refractivity contribution in [3.63, 3.8) is 0 Å². The molecule has 0 saturated carbocycles. The van der Waals surface area contributed by atoms with E-state index in [0.29, 0.717) is 11.1 Å². The van der Waals surface area contributed by atoms with Gasteiger partial charge in [-0.05, 0) is 18.9 Å². The fourth-order valence-corrected chi connectivity index (χ4v) is 3.23. The lowest BCUT2D eigenvalue weighted by molar-refractivity contribution is 0.103. The lowest BCUT2D eigenvalue weighted by atomic mass is 9.94. The highest BCUT2D eigenvalue weighted by Crippen LogP contribution is 2.26. The number of ketones is 1. The Morgan fingerprint density at radius 1 is 0.800 bits per heavy atom. The summed E-state index contributed by atoms with van der Waals surface area (Å²) in [5, 5.41) is 10.2. The maximum Gasteiger partial charge on any atom is 0.193 e. The molecule has 0 aliphatic heterocycles. The lowest BCUT2D eigenvalue weighted by Gasteiger charge is -2.11. The molecule has 25 heavy (non-hydrogen) atoms. The van der Waals surface area contributed by atoms with Gasteiger partial charge in [-0.25, -0.2) is 0 Å². The number of hydrogen-bond donors (Lipinski definition) is 1. The van der Waals surface area contributed by atoms with Gasteiger partial charge in [0, 0.05) is 16.7 Å². The maximum atomic E-state index is 12.7. The van der Waals surface area contributed by atoms with Gasteiger partial charge in [0.15, 0.2) is 5.78 Å². The highest BCUT2D eigenvalue weighted by atomic mass is 16.3. The predicted molar refractivity (Wildman–Crippen MR) is 104 cm³/mol. The summed E-state index contributed by atoms with van der Waals surface area (Å²) >= 11 is 0. The van der Waals surface area contributed by atoms with E-state index in [1.54, 1.807) is 12.1 Å². The topological polar surface area (TPSA) is 37.3 Å². The zero-order chi connectivity index (χ0) is 17.9. The first-order valence-electron chi connectivity index (χ1n) is 9.64. The van der Waals surface area contributed by atoms with Crippen molar-refractivity contribution in [3.05, 3.63) is 65.2 Å². The van der Waals surface area contributed by atoms with Crippen LogP contribution in [0.2, 0.25) is 0 Å². The second-order valence-corrected chi connectivity index (χ2v) is 6.72. The van der Waals surface area contributed by atoms with Crippen LogP contribution in [-0.4, -0.2) is 10.9 Å². The minimum absolute atomic E-state index is 0.00827. The van der Waals surface area contributed by atoms with Gasteiger partial charge in [-0.1, -0.05) is 94.3 Å². The lowest BCUT2D eigenvalue weighted by Crippen LogP contribution is -2.06. The molecule has 0 unspecified atom stereocenters. The minimum atomic E-state index is -0.00827. The van der Waals surface area contributed by atoms with Crippen molar-refractivity contribution in [3.8, 4) is 5.75 Å². The largest absolute Gasteiger partial charge is 0.508 e. The number of phenolic OH excluding ortho intramolecular Hbond substituents is 1. The summed E-state index contributed by atoms with van der Waals surface area (Å²) in [6.07, 6.45) is 10.7. The van der Waals surface area contributed by atoms with Crippen LogP contribution in [-0.2, 0) is 6.42 Å². The van der Waals surface area contributed by atoms with E-state index in [1.165, 1.54) is 38.5 Å². The molecule has 1 N–H and O–H groups in total. The minimum Gasteiger partial charge on any atom is -0.508 e. The van der Waals surface area contributed by atoms with Gasteiger partial charge >= 0.3 is 0 Å². The zero-order valence-corrected chi connectivity index (χ0v) is 15.3. The highest BCUT2D eigenvalue weighted by molar-refractivity contribution is 6.10. The molecule has 0 atom stereocenters. The van der Waals surface area contributed by atoms with Crippen molar-refractivity contribution >= 4 is 5.78 Å². The Bertz CT molecular complexity index is 646. The van der Waals surface area contributed by atoms with Crippen LogP contribution in [0, 0.1) is 0 Å². The molecule has 0 aliphatic carbocycles.